The van der Waals surface area contributed by atoms with Gasteiger partial charge >= 0.3 is 5.97 Å². The number of carboxylic acid groups (broad SMARTS) is 1. The van der Waals surface area contributed by atoms with Gasteiger partial charge in [0.2, 0.25) is 10.0 Å². The van der Waals surface area contributed by atoms with Gasteiger partial charge in [0.05, 0.1) is 5.02 Å². The third kappa shape index (κ3) is 3.04. The van der Waals surface area contributed by atoms with Crippen LogP contribution in [0.4, 0.5) is 4.39 Å². The molecule has 1 aromatic rings. The summed E-state index contributed by atoms with van der Waals surface area (Å²) in [6, 6.07) is 1.85. The van der Waals surface area contributed by atoms with Crippen molar-refractivity contribution in [1.29, 1.82) is 0 Å². The van der Waals surface area contributed by atoms with E-state index in [0.717, 1.165) is 22.5 Å². The minimum absolute atomic E-state index is 0.0798. The fourth-order valence-electron chi connectivity index (χ4n) is 2.59. The SMILES string of the molecule is CC1CCCN(S(=O)(=O)c2cc(F)ccc2Cl)C1C(=O)O. The zero-order valence-electron chi connectivity index (χ0n) is 11.3. The molecule has 1 fully saturated rings. The van der Waals surface area contributed by atoms with Crippen LogP contribution in [0.15, 0.2) is 23.1 Å². The fraction of sp³-hybridized carbons (Fsp3) is 0.462. The van der Waals surface area contributed by atoms with E-state index >= 15 is 0 Å². The lowest BCUT2D eigenvalue weighted by atomic mass is 9.93. The fourth-order valence-corrected chi connectivity index (χ4v) is 4.79. The molecule has 2 atom stereocenters. The quantitative estimate of drug-likeness (QED) is 0.920. The van der Waals surface area contributed by atoms with Gasteiger partial charge in [0.1, 0.15) is 16.8 Å². The number of aliphatic carboxylic acids is 1. The molecule has 8 heteroatoms. The highest BCUT2D eigenvalue weighted by Gasteiger charge is 2.42. The molecule has 5 nitrogen and oxygen atoms in total. The first-order valence-electron chi connectivity index (χ1n) is 6.45. The van der Waals surface area contributed by atoms with E-state index in [-0.39, 0.29) is 17.5 Å². The van der Waals surface area contributed by atoms with Crippen molar-refractivity contribution in [2.45, 2.75) is 30.7 Å². The van der Waals surface area contributed by atoms with Gasteiger partial charge in [-0.15, -0.1) is 0 Å². The van der Waals surface area contributed by atoms with Crippen molar-refractivity contribution in [3.05, 3.63) is 29.0 Å². The highest BCUT2D eigenvalue weighted by molar-refractivity contribution is 7.89. The Balaban J connectivity index is 2.51. The highest BCUT2D eigenvalue weighted by Crippen LogP contribution is 2.32. The summed E-state index contributed by atoms with van der Waals surface area (Å²) < 4.78 is 39.5. The summed E-state index contributed by atoms with van der Waals surface area (Å²) in [7, 11) is -4.16. The molecular weight excluding hydrogens is 321 g/mol. The Hall–Kier alpha value is -1.18. The molecule has 1 N–H and O–H groups in total. The number of hydrogen-bond acceptors (Lipinski definition) is 3. The molecule has 0 bridgehead atoms. The van der Waals surface area contributed by atoms with Crippen molar-refractivity contribution in [3.8, 4) is 0 Å². The molecule has 1 saturated heterocycles. The Bertz CT molecular complexity index is 664. The summed E-state index contributed by atoms with van der Waals surface area (Å²) in [6.07, 6.45) is 1.18. The van der Waals surface area contributed by atoms with Crippen LogP contribution < -0.4 is 0 Å². The van der Waals surface area contributed by atoms with Gasteiger partial charge in [-0.25, -0.2) is 12.8 Å². The Kier molecular flexibility index (Phi) is 4.55. The number of halogens is 2. The Labute approximate surface area is 127 Å². The summed E-state index contributed by atoms with van der Waals surface area (Å²) in [5.41, 5.74) is 0. The molecule has 1 aliphatic heterocycles. The van der Waals surface area contributed by atoms with Crippen LogP contribution in [0.2, 0.25) is 5.02 Å². The molecule has 0 aliphatic carbocycles. The second-order valence-electron chi connectivity index (χ2n) is 5.09. The van der Waals surface area contributed by atoms with Crippen molar-refractivity contribution in [1.82, 2.24) is 4.31 Å². The van der Waals surface area contributed by atoms with Crippen molar-refractivity contribution in [2.24, 2.45) is 5.92 Å². The predicted octanol–water partition coefficient (Wildman–Crippen LogP) is 2.35. The Morgan fingerprint density at radius 1 is 1.48 bits per heavy atom. The van der Waals surface area contributed by atoms with Gasteiger partial charge in [-0.1, -0.05) is 18.5 Å². The molecule has 2 rings (SSSR count). The van der Waals surface area contributed by atoms with Crippen LogP contribution in [-0.2, 0) is 14.8 Å². The highest BCUT2D eigenvalue weighted by atomic mass is 35.5. The molecule has 0 spiro atoms. The van der Waals surface area contributed by atoms with Crippen LogP contribution in [0, 0.1) is 11.7 Å². The number of rotatable bonds is 3. The Morgan fingerprint density at radius 3 is 2.76 bits per heavy atom. The molecule has 0 aromatic heterocycles. The molecule has 0 saturated carbocycles. The smallest absolute Gasteiger partial charge is 0.322 e. The number of hydrogen-bond donors (Lipinski definition) is 1. The van der Waals surface area contributed by atoms with Crippen molar-refractivity contribution in [3.63, 3.8) is 0 Å². The first-order chi connectivity index (χ1) is 9.75. The molecule has 0 amide bonds. The molecule has 0 radical (unpaired) electrons. The van der Waals surface area contributed by atoms with E-state index < -0.39 is 32.7 Å². The van der Waals surface area contributed by atoms with Crippen LogP contribution in [0.25, 0.3) is 0 Å². The monoisotopic (exact) mass is 335 g/mol. The molecular formula is C13H15ClFNO4S. The van der Waals surface area contributed by atoms with Crippen molar-refractivity contribution >= 4 is 27.6 Å². The van der Waals surface area contributed by atoms with Gasteiger partial charge in [0.25, 0.3) is 0 Å². The van der Waals surface area contributed by atoms with E-state index in [9.17, 15) is 22.7 Å². The van der Waals surface area contributed by atoms with Crippen LogP contribution in [0.3, 0.4) is 0 Å². The van der Waals surface area contributed by atoms with Gasteiger partial charge in [0.15, 0.2) is 0 Å². The van der Waals surface area contributed by atoms with Gasteiger partial charge in [-0.3, -0.25) is 4.79 Å². The maximum atomic E-state index is 13.3. The first kappa shape index (κ1) is 16.2. The predicted molar refractivity (Wildman–Crippen MR) is 75.1 cm³/mol. The van der Waals surface area contributed by atoms with E-state index in [1.807, 2.05) is 0 Å². The first-order valence-corrected chi connectivity index (χ1v) is 8.26. The topological polar surface area (TPSA) is 74.7 Å². The van der Waals surface area contributed by atoms with Gasteiger partial charge in [0, 0.05) is 6.54 Å². The third-order valence-electron chi connectivity index (χ3n) is 3.62. The van der Waals surface area contributed by atoms with Gasteiger partial charge < -0.3 is 5.11 Å². The number of sulfonamides is 1. The Morgan fingerprint density at radius 2 is 2.14 bits per heavy atom. The summed E-state index contributed by atoms with van der Waals surface area (Å²) in [5.74, 6) is -2.27. The number of piperidine rings is 1. The number of benzene rings is 1. The maximum absolute atomic E-state index is 13.3. The second kappa shape index (κ2) is 5.90. The van der Waals surface area contributed by atoms with E-state index in [1.54, 1.807) is 6.92 Å². The molecule has 1 aliphatic rings. The zero-order valence-corrected chi connectivity index (χ0v) is 12.9. The van der Waals surface area contributed by atoms with Gasteiger partial charge in [-0.2, -0.15) is 4.31 Å². The number of nitrogens with zero attached hydrogens (tertiary/aromatic N) is 1. The van der Waals surface area contributed by atoms with Crippen LogP contribution >= 0.6 is 11.6 Å². The average molecular weight is 336 g/mol. The van der Waals surface area contributed by atoms with Gasteiger partial charge in [-0.05, 0) is 37.0 Å². The lowest BCUT2D eigenvalue weighted by Gasteiger charge is -2.36. The minimum Gasteiger partial charge on any atom is -0.480 e. The summed E-state index contributed by atoms with van der Waals surface area (Å²) in [5, 5.41) is 9.17. The van der Waals surface area contributed by atoms with E-state index in [4.69, 9.17) is 11.6 Å². The van der Waals surface area contributed by atoms with Crippen molar-refractivity contribution in [2.75, 3.05) is 6.54 Å². The normalized spacial score (nSPS) is 24.0. The zero-order chi connectivity index (χ0) is 15.8. The van der Waals surface area contributed by atoms with Crippen LogP contribution in [-0.4, -0.2) is 36.4 Å². The molecule has 116 valence electrons. The largest absolute Gasteiger partial charge is 0.480 e. The molecule has 2 unspecified atom stereocenters. The maximum Gasteiger partial charge on any atom is 0.322 e. The van der Waals surface area contributed by atoms with E-state index in [0.29, 0.717) is 12.8 Å². The third-order valence-corrected chi connectivity index (χ3v) is 5.98. The molecule has 1 aromatic carbocycles. The minimum atomic E-state index is -4.16. The number of carbonyl (C=O) groups is 1. The number of carboxylic acids is 1. The molecule has 1 heterocycles. The summed E-state index contributed by atoms with van der Waals surface area (Å²) in [6.45, 7) is 1.77. The average Bonchev–Trinajstić information content (AvgIpc) is 2.40. The second-order valence-corrected chi connectivity index (χ2v) is 7.36. The lowest BCUT2D eigenvalue weighted by Crippen LogP contribution is -2.51. The lowest BCUT2D eigenvalue weighted by molar-refractivity contribution is -0.144. The summed E-state index contributed by atoms with van der Waals surface area (Å²) >= 11 is 5.84. The van der Waals surface area contributed by atoms with E-state index in [2.05, 4.69) is 0 Å². The van der Waals surface area contributed by atoms with Crippen LogP contribution in [0.5, 0.6) is 0 Å². The van der Waals surface area contributed by atoms with Crippen molar-refractivity contribution < 1.29 is 22.7 Å². The van der Waals surface area contributed by atoms with E-state index in [1.165, 1.54) is 0 Å². The molecule has 21 heavy (non-hydrogen) atoms. The summed E-state index contributed by atoms with van der Waals surface area (Å²) in [4.78, 5) is 11.0. The van der Waals surface area contributed by atoms with Crippen LogP contribution in [0.1, 0.15) is 19.8 Å². The standard InChI is InChI=1S/C13H15ClFNO4S/c1-8-3-2-6-16(12(8)13(17)18)21(19,20)11-7-9(15)4-5-10(11)14/h4-5,7-8,12H,2-3,6H2,1H3,(H,17,18).